The lowest BCUT2D eigenvalue weighted by Crippen LogP contribution is -2.33. The molecule has 0 aliphatic carbocycles. The number of rotatable bonds is 5. The summed E-state index contributed by atoms with van der Waals surface area (Å²) in [7, 11) is 4.18. The Labute approximate surface area is 143 Å². The van der Waals surface area contributed by atoms with Gasteiger partial charge < -0.3 is 14.5 Å². The standard InChI is InChI=1S/C18H25ClN2O2/c1-20(2)9-14-12-23-17-11-21(10-15(14)17)18(22)8-7-13-5-3-4-6-16(13)19/h3-6,14-15,17H,7-12H2,1-2H3/t14-,15-,17-/m1/s1. The number of carbonyl (C=O) groups excluding carboxylic acids is 1. The average Bonchev–Trinajstić information content (AvgIpc) is 3.08. The highest BCUT2D eigenvalue weighted by atomic mass is 35.5. The van der Waals surface area contributed by atoms with E-state index < -0.39 is 0 Å². The Bertz CT molecular complexity index is 564. The summed E-state index contributed by atoms with van der Waals surface area (Å²) in [5, 5.41) is 0.743. The van der Waals surface area contributed by atoms with E-state index in [2.05, 4.69) is 19.0 Å². The van der Waals surface area contributed by atoms with Gasteiger partial charge in [-0.25, -0.2) is 0 Å². The lowest BCUT2D eigenvalue weighted by Gasteiger charge is -2.22. The second-order valence-corrected chi connectivity index (χ2v) is 7.36. The van der Waals surface area contributed by atoms with Crippen LogP contribution < -0.4 is 0 Å². The molecule has 2 saturated heterocycles. The summed E-state index contributed by atoms with van der Waals surface area (Å²) in [6.45, 7) is 3.44. The number of aryl methyl sites for hydroxylation is 1. The average molecular weight is 337 g/mol. The van der Waals surface area contributed by atoms with Crippen LogP contribution in [0, 0.1) is 11.8 Å². The van der Waals surface area contributed by atoms with Gasteiger partial charge in [0, 0.05) is 42.9 Å². The third-order valence-electron chi connectivity index (χ3n) is 4.96. The van der Waals surface area contributed by atoms with Crippen LogP contribution in [-0.2, 0) is 16.0 Å². The van der Waals surface area contributed by atoms with Gasteiger partial charge in [-0.2, -0.15) is 0 Å². The topological polar surface area (TPSA) is 32.8 Å². The van der Waals surface area contributed by atoms with Crippen molar-refractivity contribution in [3.8, 4) is 0 Å². The molecule has 2 aliphatic rings. The predicted molar refractivity (Wildman–Crippen MR) is 91.6 cm³/mol. The zero-order valence-electron chi connectivity index (χ0n) is 13.9. The molecule has 0 bridgehead atoms. The molecule has 126 valence electrons. The maximum Gasteiger partial charge on any atom is 0.223 e. The second kappa shape index (κ2) is 7.20. The Hall–Kier alpha value is -1.10. The van der Waals surface area contributed by atoms with Crippen molar-refractivity contribution in [3.63, 3.8) is 0 Å². The van der Waals surface area contributed by atoms with Gasteiger partial charge in [0.1, 0.15) is 0 Å². The number of amides is 1. The lowest BCUT2D eigenvalue weighted by molar-refractivity contribution is -0.130. The molecule has 3 atom stereocenters. The maximum absolute atomic E-state index is 12.5. The highest BCUT2D eigenvalue weighted by molar-refractivity contribution is 6.31. The van der Waals surface area contributed by atoms with Gasteiger partial charge in [-0.3, -0.25) is 4.79 Å². The summed E-state index contributed by atoms with van der Waals surface area (Å²) in [6.07, 6.45) is 1.44. The van der Waals surface area contributed by atoms with Gasteiger partial charge in [-0.05, 0) is 32.1 Å². The number of hydrogen-bond acceptors (Lipinski definition) is 3. The largest absolute Gasteiger partial charge is 0.376 e. The first kappa shape index (κ1) is 16.7. The molecule has 1 aromatic rings. The van der Waals surface area contributed by atoms with Crippen molar-refractivity contribution in [2.24, 2.45) is 11.8 Å². The number of halogens is 1. The Morgan fingerprint density at radius 2 is 2.13 bits per heavy atom. The minimum absolute atomic E-state index is 0.214. The van der Waals surface area contributed by atoms with Gasteiger partial charge >= 0.3 is 0 Å². The van der Waals surface area contributed by atoms with E-state index in [0.29, 0.717) is 24.7 Å². The minimum Gasteiger partial charge on any atom is -0.376 e. The van der Waals surface area contributed by atoms with Crippen molar-refractivity contribution >= 4 is 17.5 Å². The minimum atomic E-state index is 0.214. The van der Waals surface area contributed by atoms with Crippen LogP contribution in [0.25, 0.3) is 0 Å². The van der Waals surface area contributed by atoms with Crippen LogP contribution >= 0.6 is 11.6 Å². The summed E-state index contributed by atoms with van der Waals surface area (Å²) in [5.74, 6) is 1.24. The van der Waals surface area contributed by atoms with Crippen LogP contribution in [0.2, 0.25) is 5.02 Å². The molecule has 23 heavy (non-hydrogen) atoms. The number of nitrogens with zero attached hydrogens (tertiary/aromatic N) is 2. The first-order chi connectivity index (χ1) is 11.0. The van der Waals surface area contributed by atoms with E-state index in [1.165, 1.54) is 0 Å². The van der Waals surface area contributed by atoms with Gasteiger partial charge in [0.2, 0.25) is 5.91 Å². The molecule has 5 heteroatoms. The van der Waals surface area contributed by atoms with Crippen LogP contribution in [0.5, 0.6) is 0 Å². The quantitative estimate of drug-likeness (QED) is 0.827. The van der Waals surface area contributed by atoms with Crippen LogP contribution in [0.3, 0.4) is 0 Å². The number of fused-ring (bicyclic) bond motifs is 1. The first-order valence-electron chi connectivity index (χ1n) is 8.32. The molecule has 0 N–H and O–H groups in total. The zero-order valence-corrected chi connectivity index (χ0v) is 14.6. The second-order valence-electron chi connectivity index (χ2n) is 6.95. The fourth-order valence-corrected chi connectivity index (χ4v) is 3.99. The van der Waals surface area contributed by atoms with E-state index in [9.17, 15) is 4.79 Å². The summed E-state index contributed by atoms with van der Waals surface area (Å²) in [6, 6.07) is 7.75. The van der Waals surface area contributed by atoms with Gasteiger partial charge in [-0.15, -0.1) is 0 Å². The highest BCUT2D eigenvalue weighted by Gasteiger charge is 2.44. The molecule has 0 spiro atoms. The van der Waals surface area contributed by atoms with Gasteiger partial charge in [0.05, 0.1) is 12.7 Å². The molecule has 2 heterocycles. The number of hydrogen-bond donors (Lipinski definition) is 0. The van der Waals surface area contributed by atoms with Gasteiger partial charge in [0.25, 0.3) is 0 Å². The van der Waals surface area contributed by atoms with Gasteiger partial charge in [-0.1, -0.05) is 29.8 Å². The summed E-state index contributed by atoms with van der Waals surface area (Å²) in [5.41, 5.74) is 1.05. The van der Waals surface area contributed by atoms with Crippen molar-refractivity contribution in [1.29, 1.82) is 0 Å². The molecule has 0 unspecified atom stereocenters. The molecule has 4 nitrogen and oxygen atoms in total. The maximum atomic E-state index is 12.5. The van der Waals surface area contributed by atoms with E-state index in [0.717, 1.165) is 36.8 Å². The monoisotopic (exact) mass is 336 g/mol. The van der Waals surface area contributed by atoms with Crippen LogP contribution in [0.15, 0.2) is 24.3 Å². The molecule has 2 aliphatic heterocycles. The van der Waals surface area contributed by atoms with Crippen molar-refractivity contribution in [2.45, 2.75) is 18.9 Å². The fourth-order valence-electron chi connectivity index (χ4n) is 3.76. The third-order valence-corrected chi connectivity index (χ3v) is 5.33. The first-order valence-corrected chi connectivity index (χ1v) is 8.70. The summed E-state index contributed by atoms with van der Waals surface area (Å²) >= 11 is 6.16. The lowest BCUT2D eigenvalue weighted by atomic mass is 9.93. The van der Waals surface area contributed by atoms with Crippen molar-refractivity contribution < 1.29 is 9.53 Å². The summed E-state index contributed by atoms with van der Waals surface area (Å²) in [4.78, 5) is 16.7. The van der Waals surface area contributed by atoms with Crippen molar-refractivity contribution in [3.05, 3.63) is 34.9 Å². The van der Waals surface area contributed by atoms with E-state index in [1.807, 2.05) is 29.2 Å². The van der Waals surface area contributed by atoms with E-state index >= 15 is 0 Å². The molecule has 0 aromatic heterocycles. The van der Waals surface area contributed by atoms with Crippen LogP contribution in [0.1, 0.15) is 12.0 Å². The Morgan fingerprint density at radius 3 is 2.87 bits per heavy atom. The predicted octanol–water partition coefficient (Wildman–Crippen LogP) is 2.31. The molecule has 1 amide bonds. The highest BCUT2D eigenvalue weighted by Crippen LogP contribution is 2.34. The fraction of sp³-hybridized carbons (Fsp3) is 0.611. The Balaban J connectivity index is 1.53. The van der Waals surface area contributed by atoms with E-state index in [4.69, 9.17) is 16.3 Å². The molecule has 0 saturated carbocycles. The normalized spacial score (nSPS) is 26.8. The SMILES string of the molecule is CN(C)C[C@@H]1CO[C@@H]2CN(C(=O)CCc3ccccc3Cl)C[C@H]12. The molecular formula is C18H25ClN2O2. The molecule has 0 radical (unpaired) electrons. The number of likely N-dealkylation sites (tertiary alicyclic amines) is 1. The molecule has 1 aromatic carbocycles. The van der Waals surface area contributed by atoms with Crippen LogP contribution in [0.4, 0.5) is 0 Å². The zero-order chi connectivity index (χ0) is 16.4. The number of ether oxygens (including phenoxy) is 1. The van der Waals surface area contributed by atoms with Crippen molar-refractivity contribution in [2.75, 3.05) is 40.3 Å². The van der Waals surface area contributed by atoms with E-state index in [1.54, 1.807) is 0 Å². The summed E-state index contributed by atoms with van der Waals surface area (Å²) < 4.78 is 5.91. The molecule has 2 fully saturated rings. The number of benzene rings is 1. The Morgan fingerprint density at radius 1 is 1.35 bits per heavy atom. The number of carbonyl (C=O) groups is 1. The van der Waals surface area contributed by atoms with Crippen LogP contribution in [-0.4, -0.2) is 62.1 Å². The molecule has 3 rings (SSSR count). The van der Waals surface area contributed by atoms with Crippen molar-refractivity contribution in [1.82, 2.24) is 9.80 Å². The Kier molecular flexibility index (Phi) is 5.24. The smallest absolute Gasteiger partial charge is 0.223 e. The molecular weight excluding hydrogens is 312 g/mol. The van der Waals surface area contributed by atoms with Gasteiger partial charge in [0.15, 0.2) is 0 Å². The third kappa shape index (κ3) is 3.87. The van der Waals surface area contributed by atoms with E-state index in [-0.39, 0.29) is 12.0 Å².